The number of hydrogen-bond acceptors (Lipinski definition) is 9. The molecular weight excluding hydrogens is 494 g/mol. The van der Waals surface area contributed by atoms with Crippen LogP contribution in [0.2, 0.25) is 0 Å². The van der Waals surface area contributed by atoms with Crippen molar-refractivity contribution in [2.45, 2.75) is 28.7 Å². The maximum atomic E-state index is 11.1. The molecule has 0 radical (unpaired) electrons. The number of rotatable bonds is 4. The summed E-state index contributed by atoms with van der Waals surface area (Å²) in [6.45, 7) is 0. The van der Waals surface area contributed by atoms with Crippen molar-refractivity contribution >= 4 is 43.8 Å². The Morgan fingerprint density at radius 3 is 1.50 bits per heavy atom. The minimum atomic E-state index is -3.55. The van der Waals surface area contributed by atoms with E-state index in [0.29, 0.717) is 0 Å². The van der Waals surface area contributed by atoms with Crippen molar-refractivity contribution in [3.8, 4) is 0 Å². The first-order chi connectivity index (χ1) is 15.8. The maximum Gasteiger partial charge on any atom is 0.320 e. The highest BCUT2D eigenvalue weighted by Crippen LogP contribution is 2.21. The lowest BCUT2D eigenvalue weighted by atomic mass is 10.2. The van der Waals surface area contributed by atoms with Crippen LogP contribution in [0.4, 0.5) is 0 Å². The van der Waals surface area contributed by atoms with Crippen LogP contribution in [0.25, 0.3) is 0 Å². The van der Waals surface area contributed by atoms with Crippen molar-refractivity contribution in [1.82, 2.24) is 9.44 Å². The molecule has 13 nitrogen and oxygen atoms in total. The van der Waals surface area contributed by atoms with Gasteiger partial charge in [0.15, 0.2) is 0 Å². The Morgan fingerprint density at radius 2 is 1.18 bits per heavy atom. The van der Waals surface area contributed by atoms with Crippen LogP contribution in [0.3, 0.4) is 0 Å². The third-order valence-corrected chi connectivity index (χ3v) is 7.06. The van der Waals surface area contributed by atoms with Crippen LogP contribution in [-0.2, 0) is 29.6 Å². The van der Waals surface area contributed by atoms with E-state index in [9.17, 15) is 36.0 Å². The second kappa shape index (κ2) is 10.4. The summed E-state index contributed by atoms with van der Waals surface area (Å²) in [5.41, 5.74) is 5.44. The van der Waals surface area contributed by atoms with Gasteiger partial charge in [-0.1, -0.05) is 24.3 Å². The fourth-order valence-corrected chi connectivity index (χ4v) is 4.99. The average molecular weight is 514 g/mol. The van der Waals surface area contributed by atoms with Crippen molar-refractivity contribution in [1.29, 1.82) is 0 Å². The van der Waals surface area contributed by atoms with E-state index in [0.717, 1.165) is 0 Å². The Hall–Kier alpha value is -3.82. The molecule has 182 valence electrons. The first-order valence-electron chi connectivity index (χ1n) is 9.29. The van der Waals surface area contributed by atoms with E-state index in [1.54, 1.807) is 24.3 Å². The van der Waals surface area contributed by atoms with E-state index < -0.39 is 49.8 Å². The third-order valence-electron chi connectivity index (χ3n) is 4.28. The highest BCUT2D eigenvalue weighted by molar-refractivity contribution is 7.91. The topological polar surface area (TPSA) is 227 Å². The van der Waals surface area contributed by atoms with Crippen molar-refractivity contribution in [3.63, 3.8) is 0 Å². The molecule has 2 aliphatic rings. The lowest BCUT2D eigenvalue weighted by Crippen LogP contribution is -2.30. The highest BCUT2D eigenvalue weighted by atomic mass is 32.2. The predicted octanol–water partition coefficient (Wildman–Crippen LogP) is -0.499. The number of carboxylic acids is 2. The number of benzene rings is 2. The largest absolute Gasteiger partial charge is 0.481 e. The predicted molar refractivity (Wildman–Crippen MR) is 115 cm³/mol. The number of nitrogens with two attached hydrogens (primary N) is 1. The van der Waals surface area contributed by atoms with Gasteiger partial charge in [-0.3, -0.25) is 19.2 Å². The Morgan fingerprint density at radius 1 is 0.794 bits per heavy atom. The molecule has 34 heavy (non-hydrogen) atoms. The van der Waals surface area contributed by atoms with E-state index in [1.165, 1.54) is 24.3 Å². The SMILES string of the molecule is N[C@@H](CCC(=O)O)C(=O)O.O=C1NS(=O)(=O)c2ccccc21.O=C1NS(=O)(=O)c2ccccc21. The van der Waals surface area contributed by atoms with Crippen LogP contribution < -0.4 is 15.2 Å². The summed E-state index contributed by atoms with van der Waals surface area (Å²) in [5.74, 6) is -3.30. The fourth-order valence-electron chi connectivity index (χ4n) is 2.64. The normalized spacial score (nSPS) is 16.7. The van der Waals surface area contributed by atoms with E-state index in [-0.39, 0.29) is 33.8 Å². The van der Waals surface area contributed by atoms with Crippen LogP contribution in [0.1, 0.15) is 33.6 Å². The molecule has 2 heterocycles. The molecular formula is C19H19N3O10S2. The van der Waals surface area contributed by atoms with E-state index in [4.69, 9.17) is 15.9 Å². The molecule has 0 bridgehead atoms. The van der Waals surface area contributed by atoms with E-state index in [1.807, 2.05) is 9.44 Å². The number of carbonyl (C=O) groups is 4. The number of hydrogen-bond donors (Lipinski definition) is 5. The summed E-state index contributed by atoms with van der Waals surface area (Å²) in [7, 11) is -7.11. The number of fused-ring (bicyclic) bond motifs is 2. The minimum absolute atomic E-state index is 0.0231. The van der Waals surface area contributed by atoms with Gasteiger partial charge in [-0.05, 0) is 30.7 Å². The van der Waals surface area contributed by atoms with Crippen molar-refractivity contribution in [3.05, 3.63) is 59.7 Å². The van der Waals surface area contributed by atoms with Gasteiger partial charge in [-0.25, -0.2) is 26.3 Å². The van der Waals surface area contributed by atoms with Gasteiger partial charge >= 0.3 is 11.9 Å². The average Bonchev–Trinajstić information content (AvgIpc) is 3.15. The monoisotopic (exact) mass is 513 g/mol. The molecule has 0 aliphatic carbocycles. The fraction of sp³-hybridized carbons (Fsp3) is 0.158. The van der Waals surface area contributed by atoms with Gasteiger partial charge < -0.3 is 15.9 Å². The number of amides is 2. The zero-order chi connectivity index (χ0) is 25.7. The second-order valence-electron chi connectivity index (χ2n) is 6.74. The molecule has 0 saturated carbocycles. The summed E-state index contributed by atoms with van der Waals surface area (Å²) in [4.78, 5) is 42.0. The van der Waals surface area contributed by atoms with Gasteiger partial charge in [0.2, 0.25) is 0 Å². The molecule has 0 aromatic heterocycles. The summed E-state index contributed by atoms with van der Waals surface area (Å²) in [6.07, 6.45) is -0.224. The molecule has 4 rings (SSSR count). The number of carboxylic acid groups (broad SMARTS) is 2. The zero-order valence-electron chi connectivity index (χ0n) is 17.2. The number of sulfonamides is 2. The molecule has 2 aliphatic heterocycles. The summed E-state index contributed by atoms with van der Waals surface area (Å²) in [6, 6.07) is 11.1. The van der Waals surface area contributed by atoms with Crippen LogP contribution in [-0.4, -0.2) is 56.8 Å². The smallest absolute Gasteiger partial charge is 0.320 e. The van der Waals surface area contributed by atoms with E-state index in [2.05, 4.69) is 0 Å². The number of aliphatic carboxylic acids is 2. The Labute approximate surface area is 193 Å². The van der Waals surface area contributed by atoms with Crippen LogP contribution in [0.15, 0.2) is 58.3 Å². The Bertz CT molecular complexity index is 1270. The lowest BCUT2D eigenvalue weighted by Gasteiger charge is -2.01. The molecule has 2 aromatic carbocycles. The molecule has 0 saturated heterocycles. The zero-order valence-corrected chi connectivity index (χ0v) is 18.8. The first kappa shape index (κ1) is 26.4. The molecule has 2 aromatic rings. The Balaban J connectivity index is 0.000000182. The number of carbonyl (C=O) groups excluding carboxylic acids is 2. The van der Waals surface area contributed by atoms with E-state index >= 15 is 0 Å². The quantitative estimate of drug-likeness (QED) is 0.350. The summed E-state index contributed by atoms with van der Waals surface area (Å²) in [5, 5.41) is 16.3. The van der Waals surface area contributed by atoms with Gasteiger partial charge in [0.05, 0.1) is 11.1 Å². The van der Waals surface area contributed by atoms with Gasteiger partial charge in [-0.2, -0.15) is 0 Å². The number of nitrogens with one attached hydrogen (secondary N) is 2. The summed E-state index contributed by atoms with van der Waals surface area (Å²) >= 11 is 0. The van der Waals surface area contributed by atoms with Crippen LogP contribution >= 0.6 is 0 Å². The molecule has 1 atom stereocenters. The highest BCUT2D eigenvalue weighted by Gasteiger charge is 2.32. The van der Waals surface area contributed by atoms with Gasteiger partial charge in [0.25, 0.3) is 31.9 Å². The van der Waals surface area contributed by atoms with Crippen molar-refractivity contribution < 1.29 is 46.2 Å². The van der Waals surface area contributed by atoms with Gasteiger partial charge in [-0.15, -0.1) is 0 Å². The molecule has 2 amide bonds. The molecule has 0 unspecified atom stereocenters. The van der Waals surface area contributed by atoms with Crippen molar-refractivity contribution in [2.75, 3.05) is 0 Å². The standard InChI is InChI=1S/2C7H5NO3S.C5H9NO4/c2*9-7-5-3-1-2-4-6(5)12(10,11)8-7;6-3(5(9)10)1-2-4(7)8/h2*1-4H,(H,8,9);3H,1-2,6H2,(H,7,8)(H,9,10)/t;;3-/m..0/s1. The second-order valence-corrected chi connectivity index (χ2v) is 10.0. The van der Waals surface area contributed by atoms with Gasteiger partial charge in [0, 0.05) is 6.42 Å². The lowest BCUT2D eigenvalue weighted by molar-refractivity contribution is -0.139. The molecule has 15 heteroatoms. The Kier molecular flexibility index (Phi) is 8.09. The third kappa shape index (κ3) is 6.37. The molecule has 0 fully saturated rings. The first-order valence-corrected chi connectivity index (χ1v) is 12.3. The maximum absolute atomic E-state index is 11.1. The summed E-state index contributed by atoms with van der Waals surface area (Å²) < 4.78 is 48.3. The van der Waals surface area contributed by atoms with Crippen molar-refractivity contribution in [2.24, 2.45) is 5.73 Å². The van der Waals surface area contributed by atoms with Gasteiger partial charge in [0.1, 0.15) is 15.8 Å². The molecule has 0 spiro atoms. The minimum Gasteiger partial charge on any atom is -0.481 e. The molecule has 6 N–H and O–H groups in total. The van der Waals surface area contributed by atoms with Crippen LogP contribution in [0.5, 0.6) is 0 Å². The van der Waals surface area contributed by atoms with Crippen LogP contribution in [0, 0.1) is 0 Å².